The normalized spacial score (nSPS) is 14.1. The largest absolute Gasteiger partial charge is 0.450 e. The van der Waals surface area contributed by atoms with E-state index in [0.29, 0.717) is 31.4 Å². The van der Waals surface area contributed by atoms with Crippen LogP contribution < -0.4 is 10.7 Å². The summed E-state index contributed by atoms with van der Waals surface area (Å²) >= 11 is 5.21. The van der Waals surface area contributed by atoms with Crippen molar-refractivity contribution in [1.82, 2.24) is 15.6 Å². The lowest BCUT2D eigenvalue weighted by atomic mass is 10.1. The van der Waals surface area contributed by atoms with Crippen molar-refractivity contribution in [3.63, 3.8) is 0 Å². The molecule has 0 bridgehead atoms. The number of rotatable bonds is 4. The number of hydrogen-bond donors (Lipinski definition) is 2. The van der Waals surface area contributed by atoms with E-state index in [4.69, 9.17) is 17.0 Å². The average molecular weight is 334 g/mol. The van der Waals surface area contributed by atoms with Gasteiger partial charge in [-0.25, -0.2) is 4.79 Å². The summed E-state index contributed by atoms with van der Waals surface area (Å²) in [5.74, 6) is 0. The number of thiocarbonyl (C=S) groups is 1. The summed E-state index contributed by atoms with van der Waals surface area (Å²) in [4.78, 5) is 13.3. The van der Waals surface area contributed by atoms with Gasteiger partial charge in [0.2, 0.25) is 0 Å². The van der Waals surface area contributed by atoms with Crippen molar-refractivity contribution in [2.24, 2.45) is 5.10 Å². The Morgan fingerprint density at radius 3 is 2.65 bits per heavy atom. The van der Waals surface area contributed by atoms with Crippen LogP contribution in [0.4, 0.5) is 4.79 Å². The van der Waals surface area contributed by atoms with Crippen molar-refractivity contribution < 1.29 is 9.53 Å². The Bertz CT molecular complexity index is 552. The van der Waals surface area contributed by atoms with Crippen molar-refractivity contribution >= 4 is 29.1 Å². The Morgan fingerprint density at radius 1 is 1.30 bits per heavy atom. The number of carbonyl (C=O) groups is 1. The van der Waals surface area contributed by atoms with Gasteiger partial charge in [0.05, 0.1) is 6.61 Å². The molecule has 1 aliphatic rings. The second-order valence-corrected chi connectivity index (χ2v) is 5.55. The third-order valence-electron chi connectivity index (χ3n) is 3.48. The van der Waals surface area contributed by atoms with Crippen LogP contribution in [0, 0.1) is 0 Å². The van der Waals surface area contributed by atoms with E-state index in [1.165, 1.54) is 0 Å². The highest BCUT2D eigenvalue weighted by Gasteiger charge is 2.20. The van der Waals surface area contributed by atoms with Gasteiger partial charge in [-0.2, -0.15) is 5.10 Å². The highest BCUT2D eigenvalue weighted by molar-refractivity contribution is 7.80. The van der Waals surface area contributed by atoms with Gasteiger partial charge in [-0.05, 0) is 24.7 Å². The minimum atomic E-state index is -0.250. The minimum absolute atomic E-state index is 0.250. The minimum Gasteiger partial charge on any atom is -0.450 e. The third kappa shape index (κ3) is 5.86. The van der Waals surface area contributed by atoms with E-state index in [9.17, 15) is 4.79 Å². The lowest BCUT2D eigenvalue weighted by Gasteiger charge is -2.26. The molecule has 0 atom stereocenters. The fraction of sp³-hybridized carbons (Fsp3) is 0.438. The maximum atomic E-state index is 11.6. The van der Waals surface area contributed by atoms with E-state index in [2.05, 4.69) is 15.8 Å². The Kier molecular flexibility index (Phi) is 6.80. The first-order valence-corrected chi connectivity index (χ1v) is 8.14. The number of piperidine rings is 1. The Morgan fingerprint density at radius 2 is 2.00 bits per heavy atom. The summed E-state index contributed by atoms with van der Waals surface area (Å²) in [5.41, 5.74) is 5.03. The van der Waals surface area contributed by atoms with E-state index >= 15 is 0 Å². The molecule has 0 spiro atoms. The summed E-state index contributed by atoms with van der Waals surface area (Å²) in [6.45, 7) is 4.13. The summed E-state index contributed by atoms with van der Waals surface area (Å²) in [6.07, 6.45) is 1.21. The Labute approximate surface area is 141 Å². The molecule has 1 heterocycles. The van der Waals surface area contributed by atoms with Gasteiger partial charge in [0.1, 0.15) is 0 Å². The number of likely N-dealkylation sites (tertiary alicyclic amines) is 1. The summed E-state index contributed by atoms with van der Waals surface area (Å²) in [6, 6.07) is 10.0. The first-order valence-electron chi connectivity index (χ1n) is 7.74. The van der Waals surface area contributed by atoms with Crippen LogP contribution >= 0.6 is 12.2 Å². The molecular weight excluding hydrogens is 312 g/mol. The van der Waals surface area contributed by atoms with Crippen LogP contribution in [0.2, 0.25) is 0 Å². The summed E-state index contributed by atoms with van der Waals surface area (Å²) < 4.78 is 4.99. The number of carbonyl (C=O) groups excluding carboxylic acids is 1. The highest BCUT2D eigenvalue weighted by atomic mass is 32.1. The van der Waals surface area contributed by atoms with Crippen LogP contribution in [0.3, 0.4) is 0 Å². The van der Waals surface area contributed by atoms with Crippen LogP contribution in [-0.2, 0) is 11.3 Å². The topological polar surface area (TPSA) is 66.0 Å². The van der Waals surface area contributed by atoms with Gasteiger partial charge in [-0.15, -0.1) is 0 Å². The lowest BCUT2D eigenvalue weighted by Crippen LogP contribution is -2.40. The van der Waals surface area contributed by atoms with Gasteiger partial charge < -0.3 is 15.0 Å². The van der Waals surface area contributed by atoms with Crippen molar-refractivity contribution in [3.8, 4) is 0 Å². The zero-order valence-electron chi connectivity index (χ0n) is 13.2. The number of benzene rings is 1. The van der Waals surface area contributed by atoms with Gasteiger partial charge in [0.25, 0.3) is 0 Å². The van der Waals surface area contributed by atoms with Gasteiger partial charge in [0.15, 0.2) is 5.11 Å². The van der Waals surface area contributed by atoms with Gasteiger partial charge in [-0.1, -0.05) is 30.3 Å². The molecule has 6 nitrogen and oxygen atoms in total. The summed E-state index contributed by atoms with van der Waals surface area (Å²) in [5, 5.41) is 7.92. The predicted molar refractivity (Wildman–Crippen MR) is 94.3 cm³/mol. The molecule has 124 valence electrons. The predicted octanol–water partition coefficient (Wildman–Crippen LogP) is 2.26. The number of amides is 1. The molecule has 23 heavy (non-hydrogen) atoms. The van der Waals surface area contributed by atoms with Gasteiger partial charge >= 0.3 is 6.09 Å². The molecule has 0 aromatic heterocycles. The second-order valence-electron chi connectivity index (χ2n) is 5.14. The van der Waals surface area contributed by atoms with Crippen molar-refractivity contribution in [2.75, 3.05) is 19.7 Å². The smallest absolute Gasteiger partial charge is 0.409 e. The number of nitrogens with one attached hydrogen (secondary N) is 2. The molecule has 1 fully saturated rings. The lowest BCUT2D eigenvalue weighted by molar-refractivity contribution is 0.107. The number of hydrazone groups is 1. The molecule has 2 rings (SSSR count). The molecule has 1 saturated heterocycles. The zero-order chi connectivity index (χ0) is 16.5. The van der Waals surface area contributed by atoms with Crippen LogP contribution in [0.25, 0.3) is 0 Å². The first kappa shape index (κ1) is 17.2. The summed E-state index contributed by atoms with van der Waals surface area (Å²) in [7, 11) is 0. The van der Waals surface area contributed by atoms with Crippen LogP contribution in [0.5, 0.6) is 0 Å². The maximum absolute atomic E-state index is 11.6. The maximum Gasteiger partial charge on any atom is 0.409 e. The van der Waals surface area contributed by atoms with Crippen molar-refractivity contribution in [1.29, 1.82) is 0 Å². The van der Waals surface area contributed by atoms with E-state index in [-0.39, 0.29) is 6.09 Å². The average Bonchev–Trinajstić information content (AvgIpc) is 2.59. The molecule has 7 heteroatoms. The second kappa shape index (κ2) is 9.09. The van der Waals surface area contributed by atoms with Crippen LogP contribution in [0.15, 0.2) is 35.4 Å². The monoisotopic (exact) mass is 334 g/mol. The third-order valence-corrected chi connectivity index (χ3v) is 3.71. The van der Waals surface area contributed by atoms with E-state index < -0.39 is 0 Å². The van der Waals surface area contributed by atoms with Crippen LogP contribution in [-0.4, -0.2) is 41.5 Å². The van der Waals surface area contributed by atoms with E-state index in [1.54, 1.807) is 4.90 Å². The fourth-order valence-electron chi connectivity index (χ4n) is 2.22. The molecule has 0 saturated carbocycles. The molecular formula is C16H22N4O2S. The van der Waals surface area contributed by atoms with E-state index in [1.807, 2.05) is 37.3 Å². The number of hydrogen-bond acceptors (Lipinski definition) is 4. The Balaban J connectivity index is 1.70. The SMILES string of the molecule is CCOC(=O)N1CCC(=NNC(=S)NCc2ccccc2)CC1. The Hall–Kier alpha value is -2.15. The number of nitrogens with zero attached hydrogens (tertiary/aromatic N) is 2. The van der Waals surface area contributed by atoms with E-state index in [0.717, 1.165) is 24.1 Å². The number of ether oxygens (including phenoxy) is 1. The highest BCUT2D eigenvalue weighted by Crippen LogP contribution is 2.08. The first-order chi connectivity index (χ1) is 11.2. The quantitative estimate of drug-likeness (QED) is 0.653. The molecule has 0 radical (unpaired) electrons. The molecule has 2 N–H and O–H groups in total. The van der Waals surface area contributed by atoms with Gasteiger partial charge in [0, 0.05) is 38.2 Å². The van der Waals surface area contributed by atoms with Gasteiger partial charge in [-0.3, -0.25) is 5.43 Å². The fourth-order valence-corrected chi connectivity index (χ4v) is 2.34. The van der Waals surface area contributed by atoms with Crippen LogP contribution in [0.1, 0.15) is 25.3 Å². The molecule has 1 amide bonds. The standard InChI is InChI=1S/C16H22N4O2S/c1-2-22-16(21)20-10-8-14(9-11-20)18-19-15(23)17-12-13-6-4-3-5-7-13/h3-7H,2,8-12H2,1H3,(H2,17,19,23). The molecule has 1 aromatic rings. The molecule has 0 unspecified atom stereocenters. The molecule has 0 aliphatic carbocycles. The van der Waals surface area contributed by atoms with Crippen molar-refractivity contribution in [3.05, 3.63) is 35.9 Å². The van der Waals surface area contributed by atoms with Crippen molar-refractivity contribution in [2.45, 2.75) is 26.3 Å². The molecule has 1 aromatic carbocycles. The molecule has 1 aliphatic heterocycles. The zero-order valence-corrected chi connectivity index (χ0v) is 14.1.